The summed E-state index contributed by atoms with van der Waals surface area (Å²) in [5, 5.41) is 3.50. The van der Waals surface area contributed by atoms with Crippen LogP contribution in [0.3, 0.4) is 0 Å². The quantitative estimate of drug-likeness (QED) is 0.481. The van der Waals surface area contributed by atoms with Gasteiger partial charge >= 0.3 is 12.3 Å². The van der Waals surface area contributed by atoms with E-state index < -0.39 is 11.7 Å². The minimum Gasteiger partial charge on any atom is -0.445 e. The summed E-state index contributed by atoms with van der Waals surface area (Å²) in [6.07, 6.45) is -2.15. The molecule has 1 amide bonds. The molecule has 1 saturated heterocycles. The summed E-state index contributed by atoms with van der Waals surface area (Å²) in [7, 11) is 1.85. The van der Waals surface area contributed by atoms with Gasteiger partial charge in [-0.1, -0.05) is 42.5 Å². The van der Waals surface area contributed by atoms with Crippen LogP contribution in [0.1, 0.15) is 35.2 Å². The second-order valence-corrected chi connectivity index (χ2v) is 9.67. The molecule has 2 aromatic carbocycles. The number of anilines is 1. The van der Waals surface area contributed by atoms with Crippen molar-refractivity contribution in [1.82, 2.24) is 25.1 Å². The van der Waals surface area contributed by atoms with Gasteiger partial charge in [-0.2, -0.15) is 13.2 Å². The summed E-state index contributed by atoms with van der Waals surface area (Å²) in [5.74, 6) is 0.185. The molecule has 0 saturated carbocycles. The van der Waals surface area contributed by atoms with E-state index in [2.05, 4.69) is 15.3 Å². The Balaban J connectivity index is 1.33. The van der Waals surface area contributed by atoms with Crippen LogP contribution >= 0.6 is 0 Å². The molecule has 204 valence electrons. The summed E-state index contributed by atoms with van der Waals surface area (Å²) in [4.78, 5) is 24.6. The predicted octanol–water partition coefficient (Wildman–Crippen LogP) is 4.81. The highest BCUT2D eigenvalue weighted by atomic mass is 19.4. The van der Waals surface area contributed by atoms with Crippen molar-refractivity contribution in [3.63, 3.8) is 0 Å². The Morgan fingerprint density at radius 1 is 1.10 bits per heavy atom. The fourth-order valence-electron chi connectivity index (χ4n) is 5.17. The molecular weight excluding hydrogens is 509 g/mol. The van der Waals surface area contributed by atoms with Crippen molar-refractivity contribution < 1.29 is 22.7 Å². The van der Waals surface area contributed by atoms with Crippen LogP contribution in [-0.4, -0.2) is 52.2 Å². The number of nitrogen functional groups attached to an aromatic ring is 1. The first-order valence-electron chi connectivity index (χ1n) is 12.7. The normalized spacial score (nSPS) is 18.3. The minimum absolute atomic E-state index is 0.0682. The lowest BCUT2D eigenvalue weighted by Gasteiger charge is -2.37. The maximum absolute atomic E-state index is 13.5. The second kappa shape index (κ2) is 10.8. The van der Waals surface area contributed by atoms with Crippen molar-refractivity contribution in [1.29, 1.82) is 0 Å². The first kappa shape index (κ1) is 26.3. The number of alkyl halides is 3. The summed E-state index contributed by atoms with van der Waals surface area (Å²) in [6, 6.07) is 16.4. The van der Waals surface area contributed by atoms with E-state index in [1.807, 2.05) is 42.3 Å². The lowest BCUT2D eigenvalue weighted by molar-refractivity contribution is -0.137. The fraction of sp³-hybridized carbons (Fsp3) is 0.321. The van der Waals surface area contributed by atoms with Gasteiger partial charge in [0.25, 0.3) is 0 Å². The smallest absolute Gasteiger partial charge is 0.416 e. The van der Waals surface area contributed by atoms with Crippen LogP contribution in [0, 0.1) is 5.92 Å². The number of nitrogens with two attached hydrogens (primary N) is 1. The van der Waals surface area contributed by atoms with Crippen LogP contribution < -0.4 is 11.1 Å². The zero-order chi connectivity index (χ0) is 27.6. The molecule has 3 heterocycles. The highest BCUT2D eigenvalue weighted by Crippen LogP contribution is 2.39. The number of halogens is 3. The third kappa shape index (κ3) is 5.76. The number of amides is 1. The number of hydrogen-bond acceptors (Lipinski definition) is 7. The van der Waals surface area contributed by atoms with Crippen molar-refractivity contribution in [3.05, 3.63) is 89.2 Å². The maximum Gasteiger partial charge on any atom is 0.416 e. The molecule has 39 heavy (non-hydrogen) atoms. The molecule has 1 fully saturated rings. The summed E-state index contributed by atoms with van der Waals surface area (Å²) >= 11 is 0. The number of hydrogen-bond donors (Lipinski definition) is 2. The summed E-state index contributed by atoms with van der Waals surface area (Å²) < 4.78 is 46.0. The van der Waals surface area contributed by atoms with Crippen molar-refractivity contribution in [3.8, 4) is 0 Å². The van der Waals surface area contributed by atoms with Crippen molar-refractivity contribution in [2.75, 3.05) is 25.9 Å². The third-order valence-electron chi connectivity index (χ3n) is 7.14. The Bertz CT molecular complexity index is 1360. The molecule has 5 rings (SSSR count). The SMILES string of the molecule is CN1C(c2cccc(C(F)(F)F)c2)=C(c2ccnc(N)n2)NC1C1CCN(C(=O)OCc2ccccc2)CC1. The van der Waals surface area contributed by atoms with Gasteiger partial charge in [0.15, 0.2) is 0 Å². The van der Waals surface area contributed by atoms with Crippen molar-refractivity contribution in [2.24, 2.45) is 5.92 Å². The first-order valence-corrected chi connectivity index (χ1v) is 12.7. The molecule has 11 heteroatoms. The van der Waals surface area contributed by atoms with Gasteiger partial charge in [0.1, 0.15) is 12.8 Å². The minimum atomic E-state index is -4.47. The fourth-order valence-corrected chi connectivity index (χ4v) is 5.17. The summed E-state index contributed by atoms with van der Waals surface area (Å²) in [5.41, 5.74) is 8.10. The van der Waals surface area contributed by atoms with E-state index in [0.717, 1.165) is 17.7 Å². The van der Waals surface area contributed by atoms with E-state index in [4.69, 9.17) is 10.5 Å². The van der Waals surface area contributed by atoms with Gasteiger partial charge in [0, 0.05) is 37.8 Å². The van der Waals surface area contributed by atoms with Gasteiger partial charge in [0.2, 0.25) is 5.95 Å². The van der Waals surface area contributed by atoms with Crippen LogP contribution in [0.2, 0.25) is 0 Å². The molecule has 0 spiro atoms. The number of aromatic nitrogens is 2. The third-order valence-corrected chi connectivity index (χ3v) is 7.14. The maximum atomic E-state index is 13.5. The van der Waals surface area contributed by atoms with Gasteiger partial charge in [-0.3, -0.25) is 0 Å². The molecule has 2 aliphatic heterocycles. The van der Waals surface area contributed by atoms with E-state index in [-0.39, 0.29) is 30.7 Å². The lowest BCUT2D eigenvalue weighted by Crippen LogP contribution is -2.48. The first-order chi connectivity index (χ1) is 18.7. The Morgan fingerprint density at radius 2 is 1.85 bits per heavy atom. The molecule has 1 atom stereocenters. The van der Waals surface area contributed by atoms with Crippen LogP contribution in [0.25, 0.3) is 11.4 Å². The molecule has 1 unspecified atom stereocenters. The van der Waals surface area contributed by atoms with E-state index >= 15 is 0 Å². The summed E-state index contributed by atoms with van der Waals surface area (Å²) in [6.45, 7) is 1.24. The topological polar surface area (TPSA) is 96.6 Å². The number of carbonyl (C=O) groups excluding carboxylic acids is 1. The second-order valence-electron chi connectivity index (χ2n) is 9.67. The van der Waals surface area contributed by atoms with Crippen molar-refractivity contribution >= 4 is 23.4 Å². The average molecular weight is 539 g/mol. The number of benzene rings is 2. The molecule has 8 nitrogen and oxygen atoms in total. The van der Waals surface area contributed by atoms with E-state index in [1.165, 1.54) is 12.3 Å². The Hall–Kier alpha value is -4.28. The Labute approximate surface area is 224 Å². The molecule has 0 aliphatic carbocycles. The molecule has 0 bridgehead atoms. The molecule has 0 radical (unpaired) electrons. The average Bonchev–Trinajstić information content (AvgIpc) is 3.29. The monoisotopic (exact) mass is 538 g/mol. The van der Waals surface area contributed by atoms with E-state index in [9.17, 15) is 18.0 Å². The van der Waals surface area contributed by atoms with Crippen LogP contribution in [0.15, 0.2) is 66.9 Å². The van der Waals surface area contributed by atoms with Gasteiger partial charge in [-0.25, -0.2) is 14.8 Å². The number of piperidine rings is 1. The van der Waals surface area contributed by atoms with Gasteiger partial charge in [-0.15, -0.1) is 0 Å². The number of likely N-dealkylation sites (tertiary alicyclic amines) is 1. The predicted molar refractivity (Wildman–Crippen MR) is 140 cm³/mol. The number of nitrogens with zero attached hydrogens (tertiary/aromatic N) is 4. The Kier molecular flexibility index (Phi) is 7.32. The van der Waals surface area contributed by atoms with E-state index in [0.29, 0.717) is 48.6 Å². The number of carbonyl (C=O) groups is 1. The standard InChI is InChI=1S/C28H29F3N6O2/c1-36-24(20-8-5-9-21(16-20)28(29,30)31)23(22-10-13-33-26(32)34-22)35-25(36)19-11-14-37(15-12-19)27(38)39-17-18-6-3-2-4-7-18/h2-10,13,16,19,25,35H,11-12,14-15,17H2,1H3,(H2,32,33,34). The zero-order valence-corrected chi connectivity index (χ0v) is 21.4. The molecule has 3 aromatic rings. The van der Waals surface area contributed by atoms with Gasteiger partial charge in [-0.05, 0) is 36.6 Å². The molecule has 1 aromatic heterocycles. The van der Waals surface area contributed by atoms with Crippen LogP contribution in [-0.2, 0) is 17.5 Å². The zero-order valence-electron chi connectivity index (χ0n) is 21.4. The highest BCUT2D eigenvalue weighted by molar-refractivity contribution is 5.90. The molecule has 3 N–H and O–H groups in total. The molecular formula is C28H29F3N6O2. The Morgan fingerprint density at radius 3 is 2.54 bits per heavy atom. The van der Waals surface area contributed by atoms with Crippen LogP contribution in [0.4, 0.5) is 23.9 Å². The van der Waals surface area contributed by atoms with Crippen molar-refractivity contribution in [2.45, 2.75) is 31.8 Å². The van der Waals surface area contributed by atoms with Crippen LogP contribution in [0.5, 0.6) is 0 Å². The van der Waals surface area contributed by atoms with Gasteiger partial charge in [0.05, 0.1) is 22.7 Å². The largest absolute Gasteiger partial charge is 0.445 e. The number of rotatable bonds is 5. The van der Waals surface area contributed by atoms with Gasteiger partial charge < -0.3 is 25.6 Å². The lowest BCUT2D eigenvalue weighted by atomic mass is 9.93. The number of ether oxygens (including phenoxy) is 1. The molecule has 2 aliphatic rings. The highest BCUT2D eigenvalue weighted by Gasteiger charge is 2.39. The number of nitrogens with one attached hydrogen (secondary N) is 1. The van der Waals surface area contributed by atoms with E-state index in [1.54, 1.807) is 17.0 Å².